The molecule has 2 aromatic rings. The van der Waals surface area contributed by atoms with Gasteiger partial charge in [0.2, 0.25) is 0 Å². The van der Waals surface area contributed by atoms with Gasteiger partial charge in [-0.3, -0.25) is 4.98 Å². The van der Waals surface area contributed by atoms with E-state index in [1.54, 1.807) is 0 Å². The Balaban J connectivity index is 2.35. The zero-order valence-electron chi connectivity index (χ0n) is 11.4. The molecular formula is C16H19BrN2. The molecule has 1 unspecified atom stereocenters. The van der Waals surface area contributed by atoms with Crippen LogP contribution in [-0.4, -0.2) is 11.5 Å². The van der Waals surface area contributed by atoms with Crippen LogP contribution in [0.25, 0.3) is 0 Å². The number of hydrogen-bond acceptors (Lipinski definition) is 2. The van der Waals surface area contributed by atoms with Crippen molar-refractivity contribution in [2.24, 2.45) is 0 Å². The lowest BCUT2D eigenvalue weighted by Gasteiger charge is -2.20. The van der Waals surface area contributed by atoms with Crippen LogP contribution in [0.15, 0.2) is 47.1 Å². The van der Waals surface area contributed by atoms with Gasteiger partial charge in [-0.15, -0.1) is 0 Å². The summed E-state index contributed by atoms with van der Waals surface area (Å²) in [6, 6.07) is 12.8. The van der Waals surface area contributed by atoms with Crippen LogP contribution < -0.4 is 5.32 Å². The molecule has 0 saturated carbocycles. The van der Waals surface area contributed by atoms with Crippen molar-refractivity contribution in [3.63, 3.8) is 0 Å². The van der Waals surface area contributed by atoms with Gasteiger partial charge >= 0.3 is 0 Å². The van der Waals surface area contributed by atoms with Crippen LogP contribution in [0.4, 0.5) is 0 Å². The Morgan fingerprint density at radius 2 is 2.00 bits per heavy atom. The minimum Gasteiger partial charge on any atom is -0.305 e. The highest BCUT2D eigenvalue weighted by Crippen LogP contribution is 2.24. The fraction of sp³-hybridized carbons (Fsp3) is 0.312. The van der Waals surface area contributed by atoms with E-state index in [0.717, 1.165) is 23.1 Å². The summed E-state index contributed by atoms with van der Waals surface area (Å²) in [6.07, 6.45) is 2.97. The fourth-order valence-corrected chi connectivity index (χ4v) is 2.37. The summed E-state index contributed by atoms with van der Waals surface area (Å²) >= 11 is 3.44. The van der Waals surface area contributed by atoms with Crippen molar-refractivity contribution in [2.45, 2.75) is 26.3 Å². The van der Waals surface area contributed by atoms with Crippen LogP contribution in [0, 0.1) is 6.92 Å². The Morgan fingerprint density at radius 1 is 1.21 bits per heavy atom. The standard InChI is InChI=1S/C16H19BrN2/c1-3-10-18-16(14-7-5-4-6-12(14)2)15-9-8-13(17)11-19-15/h4-9,11,16,18H,3,10H2,1-2H3. The van der Waals surface area contributed by atoms with Crippen molar-refractivity contribution in [1.82, 2.24) is 10.3 Å². The molecule has 0 amide bonds. The van der Waals surface area contributed by atoms with E-state index in [4.69, 9.17) is 0 Å². The Hall–Kier alpha value is -1.19. The van der Waals surface area contributed by atoms with Crippen molar-refractivity contribution < 1.29 is 0 Å². The maximum absolute atomic E-state index is 4.54. The second-order valence-corrected chi connectivity index (χ2v) is 5.56. The highest BCUT2D eigenvalue weighted by Gasteiger charge is 2.16. The predicted octanol–water partition coefficient (Wildman–Crippen LogP) is 4.24. The van der Waals surface area contributed by atoms with Crippen molar-refractivity contribution in [2.75, 3.05) is 6.54 Å². The van der Waals surface area contributed by atoms with Gasteiger partial charge in [-0.1, -0.05) is 31.2 Å². The van der Waals surface area contributed by atoms with Gasteiger partial charge in [-0.2, -0.15) is 0 Å². The Bertz CT molecular complexity index is 523. The zero-order chi connectivity index (χ0) is 13.7. The number of aryl methyl sites for hydroxylation is 1. The molecule has 1 N–H and O–H groups in total. The summed E-state index contributed by atoms with van der Waals surface area (Å²) in [4.78, 5) is 4.54. The molecule has 0 aliphatic heterocycles. The van der Waals surface area contributed by atoms with Gasteiger partial charge < -0.3 is 5.32 Å². The number of pyridine rings is 1. The highest BCUT2D eigenvalue weighted by molar-refractivity contribution is 9.10. The average molecular weight is 319 g/mol. The van der Waals surface area contributed by atoms with Gasteiger partial charge in [0.25, 0.3) is 0 Å². The van der Waals surface area contributed by atoms with Crippen molar-refractivity contribution in [3.8, 4) is 0 Å². The lowest BCUT2D eigenvalue weighted by molar-refractivity contribution is 0.584. The monoisotopic (exact) mass is 318 g/mol. The van der Waals surface area contributed by atoms with Gasteiger partial charge in [0, 0.05) is 10.7 Å². The molecule has 0 spiro atoms. The first kappa shape index (κ1) is 14.2. The van der Waals surface area contributed by atoms with Gasteiger partial charge in [0.15, 0.2) is 0 Å². The maximum atomic E-state index is 4.54. The number of nitrogens with zero attached hydrogens (tertiary/aromatic N) is 1. The topological polar surface area (TPSA) is 24.9 Å². The van der Waals surface area contributed by atoms with Crippen LogP contribution in [0.2, 0.25) is 0 Å². The molecule has 2 rings (SSSR count). The molecule has 0 fully saturated rings. The van der Waals surface area contributed by atoms with Crippen LogP contribution >= 0.6 is 15.9 Å². The smallest absolute Gasteiger partial charge is 0.0754 e. The van der Waals surface area contributed by atoms with E-state index >= 15 is 0 Å². The van der Waals surface area contributed by atoms with E-state index in [0.29, 0.717) is 0 Å². The summed E-state index contributed by atoms with van der Waals surface area (Å²) in [5.74, 6) is 0. The molecule has 1 aromatic carbocycles. The SMILES string of the molecule is CCCNC(c1ccc(Br)cn1)c1ccccc1C. The summed E-state index contributed by atoms with van der Waals surface area (Å²) in [7, 11) is 0. The molecule has 0 saturated heterocycles. The molecule has 0 aliphatic rings. The highest BCUT2D eigenvalue weighted by atomic mass is 79.9. The third kappa shape index (κ3) is 3.64. The summed E-state index contributed by atoms with van der Waals surface area (Å²) in [5.41, 5.74) is 3.65. The van der Waals surface area contributed by atoms with E-state index in [1.165, 1.54) is 11.1 Å². The lowest BCUT2D eigenvalue weighted by atomic mass is 9.98. The van der Waals surface area contributed by atoms with E-state index in [2.05, 4.69) is 70.4 Å². The van der Waals surface area contributed by atoms with Crippen molar-refractivity contribution >= 4 is 15.9 Å². The minimum atomic E-state index is 0.161. The van der Waals surface area contributed by atoms with Crippen LogP contribution in [0.3, 0.4) is 0 Å². The first-order valence-electron chi connectivity index (χ1n) is 6.62. The third-order valence-corrected chi connectivity index (χ3v) is 3.61. The fourth-order valence-electron chi connectivity index (χ4n) is 2.13. The van der Waals surface area contributed by atoms with Crippen LogP contribution in [0.1, 0.15) is 36.2 Å². The van der Waals surface area contributed by atoms with Crippen LogP contribution in [0.5, 0.6) is 0 Å². The van der Waals surface area contributed by atoms with Gasteiger partial charge in [-0.05, 0) is 59.1 Å². The minimum absolute atomic E-state index is 0.161. The molecule has 1 heterocycles. The molecule has 0 aliphatic carbocycles. The molecule has 0 bridgehead atoms. The van der Waals surface area contributed by atoms with Gasteiger partial charge in [0.05, 0.1) is 11.7 Å². The number of hydrogen-bond donors (Lipinski definition) is 1. The predicted molar refractivity (Wildman–Crippen MR) is 83.3 cm³/mol. The van der Waals surface area contributed by atoms with E-state index in [-0.39, 0.29) is 6.04 Å². The van der Waals surface area contributed by atoms with E-state index in [9.17, 15) is 0 Å². The zero-order valence-corrected chi connectivity index (χ0v) is 12.9. The average Bonchev–Trinajstić information content (AvgIpc) is 2.43. The number of aromatic nitrogens is 1. The molecule has 1 aromatic heterocycles. The number of nitrogens with one attached hydrogen (secondary N) is 1. The van der Waals surface area contributed by atoms with E-state index < -0.39 is 0 Å². The van der Waals surface area contributed by atoms with Crippen LogP contribution in [-0.2, 0) is 0 Å². The molecular weight excluding hydrogens is 300 g/mol. The summed E-state index contributed by atoms with van der Waals surface area (Å²) in [6.45, 7) is 5.31. The largest absolute Gasteiger partial charge is 0.305 e. The number of halogens is 1. The molecule has 100 valence electrons. The van der Waals surface area contributed by atoms with Gasteiger partial charge in [0.1, 0.15) is 0 Å². The second kappa shape index (κ2) is 6.83. The maximum Gasteiger partial charge on any atom is 0.0754 e. The van der Waals surface area contributed by atoms with Gasteiger partial charge in [-0.25, -0.2) is 0 Å². The summed E-state index contributed by atoms with van der Waals surface area (Å²) < 4.78 is 1.01. The van der Waals surface area contributed by atoms with Crippen molar-refractivity contribution in [3.05, 3.63) is 63.9 Å². The molecule has 1 atom stereocenters. The molecule has 19 heavy (non-hydrogen) atoms. The number of benzene rings is 1. The first-order valence-corrected chi connectivity index (χ1v) is 7.42. The number of rotatable bonds is 5. The normalized spacial score (nSPS) is 12.4. The quantitative estimate of drug-likeness (QED) is 0.891. The second-order valence-electron chi connectivity index (χ2n) is 4.65. The Labute approximate surface area is 123 Å². The molecule has 2 nitrogen and oxygen atoms in total. The molecule has 3 heteroatoms. The lowest BCUT2D eigenvalue weighted by Crippen LogP contribution is -2.24. The third-order valence-electron chi connectivity index (χ3n) is 3.14. The Morgan fingerprint density at radius 3 is 2.63 bits per heavy atom. The van der Waals surface area contributed by atoms with E-state index in [1.807, 2.05) is 12.3 Å². The Kier molecular flexibility index (Phi) is 5.11. The summed E-state index contributed by atoms with van der Waals surface area (Å²) in [5, 5.41) is 3.58. The van der Waals surface area contributed by atoms with Crippen molar-refractivity contribution in [1.29, 1.82) is 0 Å². The first-order chi connectivity index (χ1) is 9.22. The molecule has 0 radical (unpaired) electrons.